The first-order valence-electron chi connectivity index (χ1n) is 7.50. The van der Waals surface area contributed by atoms with Crippen LogP contribution in [0.3, 0.4) is 0 Å². The summed E-state index contributed by atoms with van der Waals surface area (Å²) in [4.78, 5) is 24.0. The molecule has 2 N–H and O–H groups in total. The van der Waals surface area contributed by atoms with Gasteiger partial charge in [-0.05, 0) is 51.1 Å². The molecular weight excluding hydrogens is 347 g/mol. The average molecular weight is 365 g/mol. The standard InChI is InChI=1S/C18H18ClFN2O3/c1-18(2,3)22-17(24)25-13-7-8-14(20)15(10-13)21-16(23)11-5-4-6-12(19)9-11/h4-10H,1-3H3,(H,21,23)(H,22,24). The van der Waals surface area contributed by atoms with E-state index in [1.54, 1.807) is 39.0 Å². The normalized spacial score (nSPS) is 10.9. The summed E-state index contributed by atoms with van der Waals surface area (Å²) in [5.74, 6) is -1.08. The Kier molecular flexibility index (Phi) is 5.64. The summed E-state index contributed by atoms with van der Waals surface area (Å²) in [6.07, 6.45) is -0.675. The van der Waals surface area contributed by atoms with Crippen molar-refractivity contribution in [2.24, 2.45) is 0 Å². The van der Waals surface area contributed by atoms with Gasteiger partial charge in [0.1, 0.15) is 11.6 Å². The van der Waals surface area contributed by atoms with Gasteiger partial charge in [-0.3, -0.25) is 4.79 Å². The maximum absolute atomic E-state index is 13.9. The molecule has 0 fully saturated rings. The zero-order valence-electron chi connectivity index (χ0n) is 14.0. The number of ether oxygens (including phenoxy) is 1. The number of halogens is 2. The largest absolute Gasteiger partial charge is 0.413 e. The third kappa shape index (κ3) is 5.76. The van der Waals surface area contributed by atoms with E-state index in [9.17, 15) is 14.0 Å². The third-order valence-corrected chi connectivity index (χ3v) is 3.20. The zero-order chi connectivity index (χ0) is 18.6. The van der Waals surface area contributed by atoms with Crippen molar-refractivity contribution in [1.29, 1.82) is 0 Å². The molecule has 0 saturated carbocycles. The number of anilines is 1. The lowest BCUT2D eigenvalue weighted by molar-refractivity contribution is 0.102. The van der Waals surface area contributed by atoms with Crippen molar-refractivity contribution in [3.05, 3.63) is 58.9 Å². The van der Waals surface area contributed by atoms with Gasteiger partial charge in [0, 0.05) is 22.2 Å². The molecule has 2 amide bonds. The van der Waals surface area contributed by atoms with E-state index in [1.165, 1.54) is 18.2 Å². The van der Waals surface area contributed by atoms with E-state index < -0.39 is 23.4 Å². The lowest BCUT2D eigenvalue weighted by Gasteiger charge is -2.20. The molecule has 0 saturated heterocycles. The van der Waals surface area contributed by atoms with Crippen LogP contribution in [0.15, 0.2) is 42.5 Å². The fourth-order valence-corrected chi connectivity index (χ4v) is 2.12. The van der Waals surface area contributed by atoms with Gasteiger partial charge in [-0.15, -0.1) is 0 Å². The summed E-state index contributed by atoms with van der Waals surface area (Å²) < 4.78 is 19.0. The Morgan fingerprint density at radius 2 is 1.84 bits per heavy atom. The molecule has 2 aromatic rings. The molecule has 5 nitrogen and oxygen atoms in total. The zero-order valence-corrected chi connectivity index (χ0v) is 14.8. The van der Waals surface area contributed by atoms with Crippen LogP contribution in [0.4, 0.5) is 14.9 Å². The Bertz CT molecular complexity index is 803. The first-order chi connectivity index (χ1) is 11.6. The minimum absolute atomic E-state index is 0.101. The number of hydrogen-bond acceptors (Lipinski definition) is 3. The van der Waals surface area contributed by atoms with Crippen molar-refractivity contribution < 1.29 is 18.7 Å². The molecule has 0 atom stereocenters. The second kappa shape index (κ2) is 7.53. The molecule has 7 heteroatoms. The van der Waals surface area contributed by atoms with Crippen molar-refractivity contribution in [2.75, 3.05) is 5.32 Å². The highest BCUT2D eigenvalue weighted by atomic mass is 35.5. The molecule has 0 aliphatic rings. The molecule has 0 bridgehead atoms. The van der Waals surface area contributed by atoms with Gasteiger partial charge in [0.15, 0.2) is 0 Å². The van der Waals surface area contributed by atoms with Gasteiger partial charge < -0.3 is 15.4 Å². The Morgan fingerprint density at radius 1 is 1.12 bits per heavy atom. The lowest BCUT2D eigenvalue weighted by atomic mass is 10.1. The van der Waals surface area contributed by atoms with Crippen LogP contribution in [0.25, 0.3) is 0 Å². The first kappa shape index (κ1) is 18.7. The number of carbonyl (C=O) groups excluding carboxylic acids is 2. The van der Waals surface area contributed by atoms with Crippen LogP contribution in [0.2, 0.25) is 5.02 Å². The Balaban J connectivity index is 2.13. The van der Waals surface area contributed by atoms with Crippen LogP contribution in [0.1, 0.15) is 31.1 Å². The fourth-order valence-electron chi connectivity index (χ4n) is 1.93. The molecular formula is C18H18ClFN2O3. The maximum atomic E-state index is 13.9. The topological polar surface area (TPSA) is 67.4 Å². The number of rotatable bonds is 3. The minimum atomic E-state index is -0.675. The first-order valence-corrected chi connectivity index (χ1v) is 7.88. The van der Waals surface area contributed by atoms with Gasteiger partial charge in [-0.25, -0.2) is 9.18 Å². The summed E-state index contributed by atoms with van der Waals surface area (Å²) in [7, 11) is 0. The molecule has 132 valence electrons. The third-order valence-electron chi connectivity index (χ3n) is 2.96. The molecule has 0 radical (unpaired) electrons. The molecule has 0 spiro atoms. The molecule has 0 aliphatic carbocycles. The number of carbonyl (C=O) groups is 2. The lowest BCUT2D eigenvalue weighted by Crippen LogP contribution is -2.42. The summed E-state index contributed by atoms with van der Waals surface area (Å²) in [5, 5.41) is 5.44. The van der Waals surface area contributed by atoms with Crippen LogP contribution >= 0.6 is 11.6 Å². The van der Waals surface area contributed by atoms with Crippen molar-refractivity contribution in [1.82, 2.24) is 5.32 Å². The van der Waals surface area contributed by atoms with Crippen molar-refractivity contribution in [3.8, 4) is 5.75 Å². The molecule has 0 aliphatic heterocycles. The Morgan fingerprint density at radius 3 is 2.48 bits per heavy atom. The van der Waals surface area contributed by atoms with Crippen LogP contribution in [0.5, 0.6) is 5.75 Å². The summed E-state index contributed by atoms with van der Waals surface area (Å²) in [6.45, 7) is 5.40. The van der Waals surface area contributed by atoms with Crippen LogP contribution in [-0.4, -0.2) is 17.5 Å². The fraction of sp³-hybridized carbons (Fsp3) is 0.222. The highest BCUT2D eigenvalue weighted by Crippen LogP contribution is 2.23. The van der Waals surface area contributed by atoms with Gasteiger partial charge in [-0.2, -0.15) is 0 Å². The van der Waals surface area contributed by atoms with Gasteiger partial charge >= 0.3 is 6.09 Å². The highest BCUT2D eigenvalue weighted by Gasteiger charge is 2.16. The maximum Gasteiger partial charge on any atom is 0.413 e. The summed E-state index contributed by atoms with van der Waals surface area (Å²) in [5.41, 5.74) is -0.296. The average Bonchev–Trinajstić information content (AvgIpc) is 2.48. The SMILES string of the molecule is CC(C)(C)NC(=O)Oc1ccc(F)c(NC(=O)c2cccc(Cl)c2)c1. The second-order valence-corrected chi connectivity index (χ2v) is 6.81. The van der Waals surface area contributed by atoms with Crippen molar-refractivity contribution in [2.45, 2.75) is 26.3 Å². The van der Waals surface area contributed by atoms with E-state index in [2.05, 4.69) is 10.6 Å². The van der Waals surface area contributed by atoms with Crippen LogP contribution < -0.4 is 15.4 Å². The predicted octanol–water partition coefficient (Wildman–Crippen LogP) is 4.62. The van der Waals surface area contributed by atoms with E-state index in [4.69, 9.17) is 16.3 Å². The van der Waals surface area contributed by atoms with E-state index in [-0.39, 0.29) is 17.0 Å². The number of benzene rings is 2. The van der Waals surface area contributed by atoms with E-state index in [0.717, 1.165) is 6.07 Å². The van der Waals surface area contributed by atoms with E-state index in [1.807, 2.05) is 0 Å². The molecule has 0 aromatic heterocycles. The van der Waals surface area contributed by atoms with E-state index in [0.29, 0.717) is 5.02 Å². The number of nitrogens with one attached hydrogen (secondary N) is 2. The second-order valence-electron chi connectivity index (χ2n) is 6.37. The molecule has 25 heavy (non-hydrogen) atoms. The highest BCUT2D eigenvalue weighted by molar-refractivity contribution is 6.31. The molecule has 0 heterocycles. The minimum Gasteiger partial charge on any atom is -0.410 e. The number of hydrogen-bond donors (Lipinski definition) is 2. The smallest absolute Gasteiger partial charge is 0.410 e. The Labute approximate surface area is 150 Å². The molecule has 2 aromatic carbocycles. The van der Waals surface area contributed by atoms with Crippen molar-refractivity contribution >= 4 is 29.3 Å². The van der Waals surface area contributed by atoms with Crippen molar-refractivity contribution in [3.63, 3.8) is 0 Å². The van der Waals surface area contributed by atoms with Gasteiger partial charge in [0.25, 0.3) is 5.91 Å². The van der Waals surface area contributed by atoms with Gasteiger partial charge in [-0.1, -0.05) is 17.7 Å². The molecule has 2 rings (SSSR count). The van der Waals surface area contributed by atoms with Gasteiger partial charge in [0.05, 0.1) is 5.69 Å². The predicted molar refractivity (Wildman–Crippen MR) is 94.7 cm³/mol. The van der Waals surface area contributed by atoms with Crippen LogP contribution in [-0.2, 0) is 0 Å². The van der Waals surface area contributed by atoms with E-state index >= 15 is 0 Å². The molecule has 0 unspecified atom stereocenters. The quantitative estimate of drug-likeness (QED) is 0.835. The Hall–Kier alpha value is -2.60. The van der Waals surface area contributed by atoms with Crippen LogP contribution in [0, 0.1) is 5.82 Å². The monoisotopic (exact) mass is 364 g/mol. The summed E-state index contributed by atoms with van der Waals surface area (Å²) >= 11 is 5.84. The number of amides is 2. The van der Waals surface area contributed by atoms with Gasteiger partial charge in [0.2, 0.25) is 0 Å². The summed E-state index contributed by atoms with van der Waals surface area (Å²) in [6, 6.07) is 9.90.